The molecule has 0 aliphatic carbocycles. The van der Waals surface area contributed by atoms with Crippen molar-refractivity contribution in [2.75, 3.05) is 13.1 Å². The summed E-state index contributed by atoms with van der Waals surface area (Å²) in [5.41, 5.74) is 0. The van der Waals surface area contributed by atoms with E-state index >= 15 is 0 Å². The molecule has 1 aliphatic rings. The lowest BCUT2D eigenvalue weighted by atomic mass is 9.95. The molecule has 224 valence electrons. The Morgan fingerprint density at radius 3 is 1.54 bits per heavy atom. The highest BCUT2D eigenvalue weighted by Crippen LogP contribution is 2.20. The fourth-order valence-electron chi connectivity index (χ4n) is 5.03. The summed E-state index contributed by atoms with van der Waals surface area (Å²) in [6.07, 6.45) is 18.2. The first kappa shape index (κ1) is 35.3. The van der Waals surface area contributed by atoms with E-state index in [1.165, 1.54) is 51.4 Å². The van der Waals surface area contributed by atoms with Crippen molar-refractivity contribution in [1.29, 1.82) is 0 Å². The van der Waals surface area contributed by atoms with Crippen molar-refractivity contribution in [3.05, 3.63) is 0 Å². The van der Waals surface area contributed by atoms with Gasteiger partial charge in [0.2, 0.25) is 11.8 Å². The quantitative estimate of drug-likeness (QED) is 0.0706. The molecule has 0 aromatic carbocycles. The highest BCUT2D eigenvalue weighted by Gasteiger charge is 2.30. The molecule has 1 saturated heterocycles. The molecule has 0 aromatic heterocycles. The molecule has 1 heterocycles. The Bertz CT molecular complexity index is 754. The molecule has 0 saturated carbocycles. The molecule has 0 spiro atoms. The van der Waals surface area contributed by atoms with E-state index in [4.69, 9.17) is 5.11 Å². The Kier molecular flexibility index (Phi) is 19.9. The monoisotopic (exact) mass is 664 g/mol. The van der Waals surface area contributed by atoms with Crippen LogP contribution in [0.15, 0.2) is 0 Å². The van der Waals surface area contributed by atoms with E-state index in [-0.39, 0.29) is 34.4 Å². The molecule has 0 radical (unpaired) electrons. The first-order valence-electron chi connectivity index (χ1n) is 14.9. The van der Waals surface area contributed by atoms with Crippen molar-refractivity contribution in [2.24, 2.45) is 5.92 Å². The summed E-state index contributed by atoms with van der Waals surface area (Å²) in [7, 11) is 0. The molecule has 1 atom stereocenters. The number of carboxylic acid groups (broad SMARTS) is 2. The summed E-state index contributed by atoms with van der Waals surface area (Å²) in [6, 6.07) is -1.06. The number of hydrogen-bond donors (Lipinski definition) is 3. The van der Waals surface area contributed by atoms with Gasteiger partial charge in [-0.25, -0.2) is 4.79 Å². The molecule has 1 aliphatic heterocycles. The Labute approximate surface area is 247 Å². The van der Waals surface area contributed by atoms with Gasteiger partial charge in [0.05, 0.1) is 0 Å². The lowest BCUT2D eigenvalue weighted by Crippen LogP contribution is -2.47. The average molecular weight is 665 g/mol. The van der Waals surface area contributed by atoms with Crippen LogP contribution in [0.2, 0.25) is 0 Å². The zero-order valence-electron chi connectivity index (χ0n) is 23.5. The Hall–Kier alpha value is -1.72. The number of unbranched alkanes of at least 4 members (excludes halogenated alkanes) is 13. The number of likely N-dealkylation sites (tertiary alicyclic amines) is 1. The van der Waals surface area contributed by atoms with Crippen molar-refractivity contribution < 1.29 is 34.2 Å². The van der Waals surface area contributed by atoms with Crippen LogP contribution in [-0.2, 0) is 24.0 Å². The van der Waals surface area contributed by atoms with Crippen molar-refractivity contribution in [2.45, 2.75) is 134 Å². The van der Waals surface area contributed by atoms with Crippen LogP contribution in [-0.4, -0.2) is 61.8 Å². The number of aliphatic carboxylic acids is 2. The fraction of sp³-hybridized carbons (Fsp3) is 0.828. The number of nitrogens with zero attached hydrogens (tertiary/aromatic N) is 1. The standard InChI is InChI=1S/C29H49IN2O7/c30-25(33)18-17-24(29(38)39)31-28(37)23-19-21-32(22-20-23)26(34)15-13-11-9-7-5-3-1-2-4-6-8-10-12-14-16-27(35)36/h23-24H,1-22H2,(H,31,37)(H,35,36)(H,38,39)/t24-/m1/s1. The summed E-state index contributed by atoms with van der Waals surface area (Å²) >= 11 is 1.62. The third kappa shape index (κ3) is 18.3. The van der Waals surface area contributed by atoms with Crippen molar-refractivity contribution in [3.63, 3.8) is 0 Å². The van der Waals surface area contributed by atoms with Gasteiger partial charge in [0.15, 0.2) is 3.79 Å². The Balaban J connectivity index is 2.00. The number of nitrogens with one attached hydrogen (secondary N) is 1. The van der Waals surface area contributed by atoms with Gasteiger partial charge < -0.3 is 20.4 Å². The predicted octanol–water partition coefficient (Wildman–Crippen LogP) is 5.86. The topological polar surface area (TPSA) is 141 Å². The first-order valence-corrected chi connectivity index (χ1v) is 16.0. The molecule has 39 heavy (non-hydrogen) atoms. The van der Waals surface area contributed by atoms with Gasteiger partial charge in [0, 0.05) is 38.3 Å². The number of amides is 2. The number of rotatable bonds is 23. The van der Waals surface area contributed by atoms with E-state index in [2.05, 4.69) is 5.32 Å². The molecule has 0 aromatic rings. The van der Waals surface area contributed by atoms with Gasteiger partial charge in [0.25, 0.3) is 0 Å². The second-order valence-corrected chi connectivity index (χ2v) is 12.0. The zero-order chi connectivity index (χ0) is 28.9. The van der Waals surface area contributed by atoms with Crippen LogP contribution in [0.25, 0.3) is 0 Å². The molecule has 0 unspecified atom stereocenters. The summed E-state index contributed by atoms with van der Waals surface area (Å²) in [4.78, 5) is 59.8. The number of carboxylic acids is 2. The predicted molar refractivity (Wildman–Crippen MR) is 159 cm³/mol. The maximum atomic E-state index is 12.5. The van der Waals surface area contributed by atoms with Crippen LogP contribution in [0.1, 0.15) is 128 Å². The third-order valence-electron chi connectivity index (χ3n) is 7.49. The molecular weight excluding hydrogens is 615 g/mol. The van der Waals surface area contributed by atoms with Crippen molar-refractivity contribution in [3.8, 4) is 0 Å². The van der Waals surface area contributed by atoms with Crippen LogP contribution in [0.4, 0.5) is 0 Å². The van der Waals surface area contributed by atoms with E-state index in [1.54, 1.807) is 22.6 Å². The summed E-state index contributed by atoms with van der Waals surface area (Å²) in [5.74, 6) is -2.30. The van der Waals surface area contributed by atoms with E-state index in [0.717, 1.165) is 38.5 Å². The average Bonchev–Trinajstić information content (AvgIpc) is 2.90. The van der Waals surface area contributed by atoms with Gasteiger partial charge in [-0.2, -0.15) is 0 Å². The normalized spacial score (nSPS) is 14.6. The van der Waals surface area contributed by atoms with Crippen LogP contribution < -0.4 is 5.32 Å². The van der Waals surface area contributed by atoms with Gasteiger partial charge in [-0.15, -0.1) is 0 Å². The molecule has 2 amide bonds. The number of hydrogen-bond acceptors (Lipinski definition) is 5. The van der Waals surface area contributed by atoms with Crippen molar-refractivity contribution >= 4 is 50.1 Å². The Morgan fingerprint density at radius 1 is 0.692 bits per heavy atom. The minimum Gasteiger partial charge on any atom is -0.481 e. The van der Waals surface area contributed by atoms with Crippen LogP contribution in [0.5, 0.6) is 0 Å². The molecule has 3 N–H and O–H groups in total. The van der Waals surface area contributed by atoms with Gasteiger partial charge in [-0.3, -0.25) is 19.2 Å². The van der Waals surface area contributed by atoms with Gasteiger partial charge in [-0.1, -0.05) is 77.0 Å². The zero-order valence-corrected chi connectivity index (χ0v) is 25.6. The number of halogens is 1. The van der Waals surface area contributed by atoms with E-state index in [9.17, 15) is 29.1 Å². The first-order chi connectivity index (χ1) is 18.7. The second kappa shape index (κ2) is 22.0. The SMILES string of the molecule is O=C(O)CCCCCCCCCCCCCCCCC(=O)N1CCC(C(=O)N[C@H](CCC(=O)I)C(=O)O)CC1. The smallest absolute Gasteiger partial charge is 0.326 e. The molecule has 1 fully saturated rings. The summed E-state index contributed by atoms with van der Waals surface area (Å²) in [6.45, 7) is 1.04. The Morgan fingerprint density at radius 2 is 1.13 bits per heavy atom. The van der Waals surface area contributed by atoms with Crippen LogP contribution in [0.3, 0.4) is 0 Å². The van der Waals surface area contributed by atoms with E-state index < -0.39 is 18.0 Å². The summed E-state index contributed by atoms with van der Waals surface area (Å²) in [5, 5.41) is 20.5. The highest BCUT2D eigenvalue weighted by molar-refractivity contribution is 14.1. The highest BCUT2D eigenvalue weighted by atomic mass is 127. The molecule has 1 rings (SSSR count). The molecule has 10 heteroatoms. The minimum absolute atomic E-state index is 0.0834. The molecular formula is C29H49IN2O7. The molecule has 9 nitrogen and oxygen atoms in total. The maximum Gasteiger partial charge on any atom is 0.326 e. The maximum absolute atomic E-state index is 12.5. The largest absolute Gasteiger partial charge is 0.481 e. The lowest BCUT2D eigenvalue weighted by Gasteiger charge is -2.32. The van der Waals surface area contributed by atoms with E-state index in [1.807, 2.05) is 4.90 Å². The summed E-state index contributed by atoms with van der Waals surface area (Å²) < 4.78 is -0.137. The van der Waals surface area contributed by atoms with Gasteiger partial charge in [0.1, 0.15) is 6.04 Å². The molecule has 0 bridgehead atoms. The number of carbonyl (C=O) groups excluding carboxylic acids is 3. The van der Waals surface area contributed by atoms with Crippen molar-refractivity contribution in [1.82, 2.24) is 10.2 Å². The van der Waals surface area contributed by atoms with Crippen LogP contribution in [0, 0.1) is 5.92 Å². The van der Waals surface area contributed by atoms with Gasteiger partial charge >= 0.3 is 11.9 Å². The fourth-order valence-corrected chi connectivity index (χ4v) is 5.34. The van der Waals surface area contributed by atoms with E-state index in [0.29, 0.717) is 38.8 Å². The number of carbonyl (C=O) groups is 5. The third-order valence-corrected chi connectivity index (χ3v) is 8.03. The lowest BCUT2D eigenvalue weighted by molar-refractivity contribution is -0.143. The minimum atomic E-state index is -1.14. The number of piperidine rings is 1. The van der Waals surface area contributed by atoms with Crippen LogP contribution >= 0.6 is 22.6 Å². The van der Waals surface area contributed by atoms with Gasteiger partial charge in [-0.05, 0) is 54.7 Å². The second-order valence-electron chi connectivity index (χ2n) is 10.8.